The average molecular weight is 271 g/mol. The highest BCUT2D eigenvalue weighted by molar-refractivity contribution is 5.91. The summed E-state index contributed by atoms with van der Waals surface area (Å²) in [5.41, 5.74) is 1.29. The second-order valence-electron chi connectivity index (χ2n) is 5.59. The van der Waals surface area contributed by atoms with Gasteiger partial charge in [0.1, 0.15) is 5.75 Å². The third-order valence-electron chi connectivity index (χ3n) is 4.15. The van der Waals surface area contributed by atoms with Crippen molar-refractivity contribution >= 4 is 10.8 Å². The van der Waals surface area contributed by atoms with E-state index < -0.39 is 0 Å². The Balaban J connectivity index is 1.71. The predicted molar refractivity (Wildman–Crippen MR) is 80.9 cm³/mol. The number of hydrogen-bond donors (Lipinski definition) is 2. The number of methoxy groups -OCH3 is 1. The highest BCUT2D eigenvalue weighted by Gasteiger charge is 2.26. The maximum Gasteiger partial charge on any atom is 0.126 e. The van der Waals surface area contributed by atoms with E-state index in [-0.39, 0.29) is 6.10 Å². The van der Waals surface area contributed by atoms with Crippen molar-refractivity contribution in [1.29, 1.82) is 0 Å². The Hall–Kier alpha value is -1.58. The minimum Gasteiger partial charge on any atom is -0.496 e. The van der Waals surface area contributed by atoms with E-state index in [2.05, 4.69) is 29.6 Å². The van der Waals surface area contributed by atoms with E-state index in [0.29, 0.717) is 5.92 Å². The highest BCUT2D eigenvalue weighted by atomic mass is 16.5. The molecule has 3 rings (SSSR count). The first-order valence-electron chi connectivity index (χ1n) is 7.21. The van der Waals surface area contributed by atoms with Crippen LogP contribution in [0.3, 0.4) is 0 Å². The summed E-state index contributed by atoms with van der Waals surface area (Å²) in [6, 6.07) is 12.5. The molecule has 0 spiro atoms. The molecule has 1 fully saturated rings. The predicted octanol–water partition coefficient (Wildman–Crippen LogP) is 2.71. The van der Waals surface area contributed by atoms with Gasteiger partial charge in [0.2, 0.25) is 0 Å². The van der Waals surface area contributed by atoms with Gasteiger partial charge in [-0.15, -0.1) is 0 Å². The van der Waals surface area contributed by atoms with Crippen LogP contribution in [0.15, 0.2) is 36.4 Å². The Bertz CT molecular complexity index is 591. The fourth-order valence-corrected chi connectivity index (χ4v) is 2.94. The van der Waals surface area contributed by atoms with E-state index in [9.17, 15) is 5.11 Å². The van der Waals surface area contributed by atoms with E-state index in [4.69, 9.17) is 4.74 Å². The van der Waals surface area contributed by atoms with Gasteiger partial charge in [0.25, 0.3) is 0 Å². The standard InChI is InChI=1S/C17H21NO2/c1-20-17-7-6-13(15-4-2-3-5-16(15)17)11-18-10-12-8-14(19)9-12/h2-7,12,14,18-19H,8-11H2,1H3. The average Bonchev–Trinajstić information content (AvgIpc) is 2.45. The van der Waals surface area contributed by atoms with Crippen LogP contribution in [0.25, 0.3) is 10.8 Å². The number of ether oxygens (including phenoxy) is 1. The molecule has 0 bridgehead atoms. The smallest absolute Gasteiger partial charge is 0.126 e. The van der Waals surface area contributed by atoms with Crippen molar-refractivity contribution in [3.63, 3.8) is 0 Å². The summed E-state index contributed by atoms with van der Waals surface area (Å²) in [6.45, 7) is 1.84. The first kappa shape index (κ1) is 13.4. The first-order valence-corrected chi connectivity index (χ1v) is 7.21. The molecular weight excluding hydrogens is 250 g/mol. The molecule has 0 aliphatic heterocycles. The molecule has 1 saturated carbocycles. The number of rotatable bonds is 5. The largest absolute Gasteiger partial charge is 0.496 e. The van der Waals surface area contributed by atoms with Gasteiger partial charge in [0, 0.05) is 11.9 Å². The molecule has 106 valence electrons. The number of benzene rings is 2. The van der Waals surface area contributed by atoms with Crippen LogP contribution < -0.4 is 10.1 Å². The summed E-state index contributed by atoms with van der Waals surface area (Å²) in [7, 11) is 1.71. The van der Waals surface area contributed by atoms with Crippen LogP contribution in [0.5, 0.6) is 5.75 Å². The number of aliphatic hydroxyl groups excluding tert-OH is 1. The van der Waals surface area contributed by atoms with Gasteiger partial charge in [0.05, 0.1) is 13.2 Å². The molecule has 1 aliphatic rings. The van der Waals surface area contributed by atoms with E-state index >= 15 is 0 Å². The van der Waals surface area contributed by atoms with E-state index in [1.54, 1.807) is 7.11 Å². The van der Waals surface area contributed by atoms with Crippen molar-refractivity contribution in [3.8, 4) is 5.75 Å². The zero-order valence-corrected chi connectivity index (χ0v) is 11.8. The summed E-state index contributed by atoms with van der Waals surface area (Å²) in [5.74, 6) is 1.56. The Morgan fingerprint density at radius 3 is 2.60 bits per heavy atom. The zero-order valence-electron chi connectivity index (χ0n) is 11.8. The minimum atomic E-state index is -0.0661. The van der Waals surface area contributed by atoms with Gasteiger partial charge in [-0.3, -0.25) is 0 Å². The summed E-state index contributed by atoms with van der Waals surface area (Å²) >= 11 is 0. The molecular formula is C17H21NO2. The van der Waals surface area contributed by atoms with Gasteiger partial charge in [-0.05, 0) is 42.3 Å². The third-order valence-corrected chi connectivity index (χ3v) is 4.15. The van der Waals surface area contributed by atoms with Crippen LogP contribution in [0.2, 0.25) is 0 Å². The van der Waals surface area contributed by atoms with Crippen LogP contribution in [0.1, 0.15) is 18.4 Å². The van der Waals surface area contributed by atoms with Crippen LogP contribution in [0.4, 0.5) is 0 Å². The Morgan fingerprint density at radius 2 is 1.90 bits per heavy atom. The first-order chi connectivity index (χ1) is 9.78. The number of nitrogens with one attached hydrogen (secondary N) is 1. The lowest BCUT2D eigenvalue weighted by Gasteiger charge is -2.31. The molecule has 0 saturated heterocycles. The number of hydrogen-bond acceptors (Lipinski definition) is 3. The summed E-state index contributed by atoms with van der Waals surface area (Å²) in [5, 5.41) is 15.2. The van der Waals surface area contributed by atoms with E-state index in [0.717, 1.165) is 37.1 Å². The molecule has 2 N–H and O–H groups in total. The SMILES string of the molecule is COc1ccc(CNCC2CC(O)C2)c2ccccc12. The topological polar surface area (TPSA) is 41.5 Å². The Labute approximate surface area is 119 Å². The molecule has 0 heterocycles. The van der Waals surface area contributed by atoms with E-state index in [1.165, 1.54) is 10.9 Å². The third kappa shape index (κ3) is 2.65. The summed E-state index contributed by atoms with van der Waals surface area (Å²) < 4.78 is 5.42. The maximum atomic E-state index is 9.29. The lowest BCUT2D eigenvalue weighted by molar-refractivity contribution is 0.0430. The van der Waals surface area contributed by atoms with Gasteiger partial charge >= 0.3 is 0 Å². The highest BCUT2D eigenvalue weighted by Crippen LogP contribution is 2.29. The molecule has 0 unspecified atom stereocenters. The Kier molecular flexibility index (Phi) is 3.90. The second kappa shape index (κ2) is 5.81. The zero-order chi connectivity index (χ0) is 13.9. The minimum absolute atomic E-state index is 0.0661. The number of fused-ring (bicyclic) bond motifs is 1. The van der Waals surface area contributed by atoms with Gasteiger partial charge in [-0.1, -0.05) is 30.3 Å². The van der Waals surface area contributed by atoms with Crippen molar-refractivity contribution in [2.24, 2.45) is 5.92 Å². The monoisotopic (exact) mass is 271 g/mol. The number of aliphatic hydroxyl groups is 1. The summed E-state index contributed by atoms with van der Waals surface area (Å²) in [4.78, 5) is 0. The molecule has 0 amide bonds. The fraction of sp³-hybridized carbons (Fsp3) is 0.412. The summed E-state index contributed by atoms with van der Waals surface area (Å²) in [6.07, 6.45) is 1.82. The fourth-order valence-electron chi connectivity index (χ4n) is 2.94. The van der Waals surface area contributed by atoms with Crippen LogP contribution >= 0.6 is 0 Å². The van der Waals surface area contributed by atoms with Crippen LogP contribution in [0, 0.1) is 5.92 Å². The van der Waals surface area contributed by atoms with Gasteiger partial charge in [-0.25, -0.2) is 0 Å². The molecule has 20 heavy (non-hydrogen) atoms. The second-order valence-corrected chi connectivity index (χ2v) is 5.59. The lowest BCUT2D eigenvalue weighted by Crippen LogP contribution is -2.35. The van der Waals surface area contributed by atoms with Crippen LogP contribution in [-0.4, -0.2) is 24.9 Å². The van der Waals surface area contributed by atoms with Crippen molar-refractivity contribution in [3.05, 3.63) is 42.0 Å². The van der Waals surface area contributed by atoms with Crippen molar-refractivity contribution in [2.45, 2.75) is 25.5 Å². The quantitative estimate of drug-likeness (QED) is 0.878. The maximum absolute atomic E-state index is 9.29. The van der Waals surface area contributed by atoms with Crippen molar-refractivity contribution < 1.29 is 9.84 Å². The molecule has 0 aromatic heterocycles. The molecule has 2 aromatic carbocycles. The normalized spacial score (nSPS) is 21.7. The van der Waals surface area contributed by atoms with Gasteiger partial charge in [0.15, 0.2) is 0 Å². The Morgan fingerprint density at radius 1 is 1.15 bits per heavy atom. The van der Waals surface area contributed by atoms with Crippen molar-refractivity contribution in [2.75, 3.05) is 13.7 Å². The van der Waals surface area contributed by atoms with Crippen molar-refractivity contribution in [1.82, 2.24) is 5.32 Å². The molecule has 3 nitrogen and oxygen atoms in total. The van der Waals surface area contributed by atoms with Gasteiger partial charge in [-0.2, -0.15) is 0 Å². The van der Waals surface area contributed by atoms with Gasteiger partial charge < -0.3 is 15.2 Å². The molecule has 0 atom stereocenters. The molecule has 1 aliphatic carbocycles. The van der Waals surface area contributed by atoms with E-state index in [1.807, 2.05) is 12.1 Å². The molecule has 2 aromatic rings. The van der Waals surface area contributed by atoms with Crippen LogP contribution in [-0.2, 0) is 6.54 Å². The molecule has 0 radical (unpaired) electrons. The lowest BCUT2D eigenvalue weighted by atomic mass is 9.82. The molecule has 3 heteroatoms.